The second kappa shape index (κ2) is 21.2. The van der Waals surface area contributed by atoms with Gasteiger partial charge in [0.15, 0.2) is 12.6 Å². The summed E-state index contributed by atoms with van der Waals surface area (Å²) in [6.07, 6.45) is 0.389. The van der Waals surface area contributed by atoms with Crippen LogP contribution in [0.4, 0.5) is 0 Å². The number of aldehydes is 2. The van der Waals surface area contributed by atoms with Gasteiger partial charge >= 0.3 is 0 Å². The predicted molar refractivity (Wildman–Crippen MR) is 23.4 cm³/mol. The Morgan fingerprint density at radius 1 is 1.43 bits per heavy atom. The van der Waals surface area contributed by atoms with E-state index in [1.807, 2.05) is 0 Å². The quantitative estimate of drug-likeness (QED) is 0.341. The van der Waals surface area contributed by atoms with E-state index in [1.165, 1.54) is 6.92 Å². The Hall–Kier alpha value is -1.17. The first-order chi connectivity index (χ1) is 3.33. The Morgan fingerprint density at radius 2 is 1.57 bits per heavy atom. The van der Waals surface area contributed by atoms with Crippen LogP contribution in [0.1, 0.15) is 6.92 Å². The fraction of sp³-hybridized carbons (Fsp3) is 0.250. The van der Waals surface area contributed by atoms with E-state index < -0.39 is 0 Å². The molecular weight excluding hydrogens is 94.0 g/mol. The molecular formula is C4H5NO2. The van der Waals surface area contributed by atoms with Crippen molar-refractivity contribution in [1.29, 1.82) is 5.26 Å². The Morgan fingerprint density at radius 3 is 1.57 bits per heavy atom. The third kappa shape index (κ3) is 1340. The summed E-state index contributed by atoms with van der Waals surface area (Å²) in [5.74, 6) is 0. The van der Waals surface area contributed by atoms with Gasteiger partial charge in [0.05, 0.1) is 6.07 Å². The van der Waals surface area contributed by atoms with E-state index in [0.29, 0.717) is 0 Å². The zero-order valence-electron chi connectivity index (χ0n) is 3.92. The molecule has 0 saturated heterocycles. The minimum absolute atomic E-state index is 0.194. The van der Waals surface area contributed by atoms with Crippen molar-refractivity contribution in [3.8, 4) is 6.07 Å². The molecule has 0 fully saturated rings. The lowest BCUT2D eigenvalue weighted by molar-refractivity contribution is -0.122. The molecule has 0 N–H and O–H groups in total. The zero-order valence-corrected chi connectivity index (χ0v) is 3.92. The monoisotopic (exact) mass is 99.0 g/mol. The van der Waals surface area contributed by atoms with Gasteiger partial charge in [-0.05, 0) is 0 Å². The summed E-state index contributed by atoms with van der Waals surface area (Å²) in [4.78, 5) is 17.6. The molecule has 3 heteroatoms. The summed E-state index contributed by atoms with van der Waals surface area (Å²) in [6.45, 7) is 1.43. The molecule has 0 radical (unpaired) electrons. The van der Waals surface area contributed by atoms with Crippen molar-refractivity contribution in [3.05, 3.63) is 0 Å². The Bertz CT molecular complexity index is 76.2. The lowest BCUT2D eigenvalue weighted by Gasteiger charge is -1.31. The van der Waals surface area contributed by atoms with Gasteiger partial charge in [0.1, 0.15) is 0 Å². The lowest BCUT2D eigenvalue weighted by Crippen LogP contribution is -1.62. The minimum Gasteiger partial charge on any atom is -0.295 e. The van der Waals surface area contributed by atoms with Crippen LogP contribution < -0.4 is 0 Å². The smallest absolute Gasteiger partial charge is 0.182 e. The van der Waals surface area contributed by atoms with Crippen LogP contribution in [-0.4, -0.2) is 12.6 Å². The van der Waals surface area contributed by atoms with Crippen LogP contribution in [0.25, 0.3) is 0 Å². The van der Waals surface area contributed by atoms with Crippen molar-refractivity contribution in [2.75, 3.05) is 0 Å². The van der Waals surface area contributed by atoms with E-state index in [4.69, 9.17) is 14.9 Å². The molecule has 3 nitrogen and oxygen atoms in total. The molecule has 0 saturated carbocycles. The molecule has 0 amide bonds. The number of nitrogens with zero attached hydrogens (tertiary/aromatic N) is 1. The maximum Gasteiger partial charge on any atom is 0.182 e. The third-order valence-electron chi connectivity index (χ3n) is 0.0556. The molecule has 0 bridgehead atoms. The molecule has 0 atom stereocenters. The Labute approximate surface area is 41.6 Å². The van der Waals surface area contributed by atoms with E-state index >= 15 is 0 Å². The van der Waals surface area contributed by atoms with Crippen LogP contribution >= 0.6 is 0 Å². The van der Waals surface area contributed by atoms with Gasteiger partial charge in [-0.1, -0.05) is 0 Å². The van der Waals surface area contributed by atoms with Crippen molar-refractivity contribution in [3.63, 3.8) is 0 Å². The fourth-order valence-electron chi connectivity index (χ4n) is 0. The minimum atomic E-state index is 0.194. The number of carbonyl (C=O) groups excluding carboxylic acids is 2. The van der Waals surface area contributed by atoms with E-state index in [2.05, 4.69) is 0 Å². The van der Waals surface area contributed by atoms with Gasteiger partial charge in [-0.15, -0.1) is 0 Å². The summed E-state index contributed by atoms with van der Waals surface area (Å²) in [7, 11) is 0. The summed E-state index contributed by atoms with van der Waals surface area (Å²) in [5, 5.41) is 7.32. The molecule has 38 valence electrons. The lowest BCUT2D eigenvalue weighted by atomic mass is 10.9. The fourth-order valence-corrected chi connectivity index (χ4v) is 0. The summed E-state index contributed by atoms with van der Waals surface area (Å²) >= 11 is 0. The first-order valence-electron chi connectivity index (χ1n) is 1.53. The van der Waals surface area contributed by atoms with Crippen molar-refractivity contribution in [1.82, 2.24) is 0 Å². The average Bonchev–Trinajstić information content (AvgIpc) is 1.69. The van der Waals surface area contributed by atoms with Gasteiger partial charge in [-0.3, -0.25) is 9.59 Å². The van der Waals surface area contributed by atoms with Gasteiger partial charge in [-0.25, -0.2) is 0 Å². The second-order valence-electron chi connectivity index (χ2n) is 0.496. The normalized spacial score (nSPS) is 4.00. The van der Waals surface area contributed by atoms with Crippen LogP contribution in [-0.2, 0) is 9.59 Å². The average molecular weight is 99.1 g/mol. The zero-order chi connectivity index (χ0) is 6.12. The van der Waals surface area contributed by atoms with Gasteiger partial charge in [0.25, 0.3) is 0 Å². The highest BCUT2D eigenvalue weighted by Gasteiger charge is 1.47. The SMILES string of the molecule is CC#N.O=CC=O. The van der Waals surface area contributed by atoms with E-state index in [9.17, 15) is 0 Å². The van der Waals surface area contributed by atoms with E-state index in [1.54, 1.807) is 6.07 Å². The second-order valence-corrected chi connectivity index (χ2v) is 0.496. The predicted octanol–water partition coefficient (Wildman–Crippen LogP) is -0.0859. The van der Waals surface area contributed by atoms with Crippen LogP contribution in [0.5, 0.6) is 0 Å². The van der Waals surface area contributed by atoms with Crippen molar-refractivity contribution < 1.29 is 9.59 Å². The summed E-state index contributed by atoms with van der Waals surface area (Å²) < 4.78 is 0. The van der Waals surface area contributed by atoms with Crippen molar-refractivity contribution >= 4 is 12.6 Å². The first kappa shape index (κ1) is 9.27. The molecule has 0 aromatic heterocycles. The third-order valence-corrected chi connectivity index (χ3v) is 0.0556. The van der Waals surface area contributed by atoms with Crippen LogP contribution in [0.2, 0.25) is 0 Å². The molecule has 0 aromatic rings. The van der Waals surface area contributed by atoms with Gasteiger partial charge in [-0.2, -0.15) is 5.26 Å². The molecule has 0 spiro atoms. The number of nitriles is 1. The number of hydrogen-bond donors (Lipinski definition) is 0. The van der Waals surface area contributed by atoms with Crippen LogP contribution in [0, 0.1) is 11.3 Å². The van der Waals surface area contributed by atoms with Crippen molar-refractivity contribution in [2.24, 2.45) is 0 Å². The first-order valence-corrected chi connectivity index (χ1v) is 1.53. The number of hydrogen-bond acceptors (Lipinski definition) is 3. The molecule has 0 aliphatic carbocycles. The highest BCUT2D eigenvalue weighted by Crippen LogP contribution is 1.21. The summed E-state index contributed by atoms with van der Waals surface area (Å²) in [5.41, 5.74) is 0. The topological polar surface area (TPSA) is 57.9 Å². The molecule has 0 aliphatic rings. The van der Waals surface area contributed by atoms with Crippen LogP contribution in [0.15, 0.2) is 0 Å². The van der Waals surface area contributed by atoms with Gasteiger partial charge in [0.2, 0.25) is 0 Å². The van der Waals surface area contributed by atoms with E-state index in [-0.39, 0.29) is 12.6 Å². The molecule has 0 unspecified atom stereocenters. The standard InChI is InChI=1S/C2H3N.C2H2O2/c1-2-3;3-1-2-4/h1H3;1-2H. The molecule has 0 aromatic carbocycles. The number of carbonyl (C=O) groups is 2. The number of rotatable bonds is 1. The highest BCUT2D eigenvalue weighted by molar-refractivity contribution is 6.09. The molecule has 0 rings (SSSR count). The van der Waals surface area contributed by atoms with Crippen molar-refractivity contribution in [2.45, 2.75) is 6.92 Å². The van der Waals surface area contributed by atoms with Gasteiger partial charge < -0.3 is 0 Å². The molecule has 0 heterocycles. The summed E-state index contributed by atoms with van der Waals surface area (Å²) in [6, 6.07) is 1.75. The maximum absolute atomic E-state index is 8.81. The van der Waals surface area contributed by atoms with Gasteiger partial charge in [0, 0.05) is 6.92 Å². The highest BCUT2D eigenvalue weighted by atomic mass is 16.2. The maximum atomic E-state index is 8.81. The largest absolute Gasteiger partial charge is 0.295 e. The Kier molecular flexibility index (Phi) is 28.0. The van der Waals surface area contributed by atoms with E-state index in [0.717, 1.165) is 0 Å². The molecule has 7 heavy (non-hydrogen) atoms. The Balaban J connectivity index is 0. The van der Waals surface area contributed by atoms with Crippen LogP contribution in [0.3, 0.4) is 0 Å². The molecule has 0 aliphatic heterocycles.